The van der Waals surface area contributed by atoms with Crippen LogP contribution in [0.2, 0.25) is 0 Å². The molecule has 1 nitrogen and oxygen atoms in total. The van der Waals surface area contributed by atoms with Gasteiger partial charge in [-0.25, -0.2) is 0 Å². The molecule has 0 aromatic carbocycles. The molecule has 1 heteroatoms. The maximum absolute atomic E-state index is 3.46. The minimum Gasteiger partial charge on any atom is -0.314 e. The zero-order valence-electron chi connectivity index (χ0n) is 9.41. The van der Waals surface area contributed by atoms with Gasteiger partial charge in [-0.15, -0.1) is 0 Å². The highest BCUT2D eigenvalue weighted by Crippen LogP contribution is 2.27. The summed E-state index contributed by atoms with van der Waals surface area (Å²) in [5.41, 5.74) is 0.352. The molecule has 0 radical (unpaired) electrons. The van der Waals surface area contributed by atoms with Crippen LogP contribution in [-0.4, -0.2) is 12.6 Å². The molecule has 1 N–H and O–H groups in total. The molecule has 0 saturated carbocycles. The van der Waals surface area contributed by atoms with Crippen LogP contribution < -0.4 is 5.32 Å². The van der Waals surface area contributed by atoms with Crippen molar-refractivity contribution >= 4 is 0 Å². The predicted molar refractivity (Wildman–Crippen MR) is 56.4 cm³/mol. The standard InChI is InChI=1S/C11H25N/c1-6-9-10(7-2)11(4,8-3)12-5/h10,12H,6-9H2,1-5H3. The topological polar surface area (TPSA) is 12.0 Å². The lowest BCUT2D eigenvalue weighted by molar-refractivity contribution is 0.215. The molecule has 0 aliphatic carbocycles. The highest BCUT2D eigenvalue weighted by molar-refractivity contribution is 4.86. The molecule has 0 bridgehead atoms. The van der Waals surface area contributed by atoms with Crippen LogP contribution in [0, 0.1) is 5.92 Å². The van der Waals surface area contributed by atoms with E-state index >= 15 is 0 Å². The van der Waals surface area contributed by atoms with E-state index in [1.807, 2.05) is 0 Å². The normalized spacial score (nSPS) is 18.8. The fourth-order valence-electron chi connectivity index (χ4n) is 1.99. The minimum atomic E-state index is 0.352. The van der Waals surface area contributed by atoms with E-state index in [1.54, 1.807) is 0 Å². The van der Waals surface area contributed by atoms with Crippen molar-refractivity contribution in [3.05, 3.63) is 0 Å². The van der Waals surface area contributed by atoms with E-state index in [0.717, 1.165) is 5.92 Å². The van der Waals surface area contributed by atoms with Crippen LogP contribution in [0.4, 0.5) is 0 Å². The number of hydrogen-bond acceptors (Lipinski definition) is 1. The van der Waals surface area contributed by atoms with Gasteiger partial charge in [-0.1, -0.05) is 33.6 Å². The quantitative estimate of drug-likeness (QED) is 0.647. The molecule has 0 spiro atoms. The van der Waals surface area contributed by atoms with Crippen LogP contribution in [0.5, 0.6) is 0 Å². The SMILES string of the molecule is CCCC(CC)C(C)(CC)NC. The van der Waals surface area contributed by atoms with Crippen molar-refractivity contribution in [2.45, 2.75) is 58.9 Å². The molecule has 0 rings (SSSR count). The van der Waals surface area contributed by atoms with Crippen LogP contribution in [0.1, 0.15) is 53.4 Å². The molecule has 74 valence electrons. The Morgan fingerprint density at radius 3 is 2.08 bits per heavy atom. The largest absolute Gasteiger partial charge is 0.314 e. The van der Waals surface area contributed by atoms with Crippen molar-refractivity contribution < 1.29 is 0 Å². The highest BCUT2D eigenvalue weighted by atomic mass is 14.9. The second-order valence-corrected chi connectivity index (χ2v) is 3.91. The number of nitrogens with one attached hydrogen (secondary N) is 1. The summed E-state index contributed by atoms with van der Waals surface area (Å²) >= 11 is 0. The Balaban J connectivity index is 4.21. The molecule has 0 aromatic rings. The first kappa shape index (κ1) is 12.0. The summed E-state index contributed by atoms with van der Waals surface area (Å²) in [5, 5.41) is 3.46. The van der Waals surface area contributed by atoms with Gasteiger partial charge in [0.05, 0.1) is 0 Å². The van der Waals surface area contributed by atoms with Crippen LogP contribution in [0.3, 0.4) is 0 Å². The van der Waals surface area contributed by atoms with Crippen molar-refractivity contribution in [2.24, 2.45) is 5.92 Å². The number of rotatable bonds is 6. The van der Waals surface area contributed by atoms with Gasteiger partial charge in [0, 0.05) is 5.54 Å². The maximum atomic E-state index is 3.46. The van der Waals surface area contributed by atoms with Crippen molar-refractivity contribution in [3.63, 3.8) is 0 Å². The second-order valence-electron chi connectivity index (χ2n) is 3.91. The predicted octanol–water partition coefficient (Wildman–Crippen LogP) is 3.20. The zero-order chi connectivity index (χ0) is 9.61. The average Bonchev–Trinajstić information content (AvgIpc) is 2.13. The van der Waals surface area contributed by atoms with Gasteiger partial charge in [0.1, 0.15) is 0 Å². The Bertz CT molecular complexity index is 106. The first-order valence-electron chi connectivity index (χ1n) is 5.33. The fourth-order valence-corrected chi connectivity index (χ4v) is 1.99. The lowest BCUT2D eigenvalue weighted by atomic mass is 9.79. The van der Waals surface area contributed by atoms with Crippen LogP contribution in [-0.2, 0) is 0 Å². The summed E-state index contributed by atoms with van der Waals surface area (Å²) in [6.07, 6.45) is 5.17. The van der Waals surface area contributed by atoms with Crippen LogP contribution in [0.15, 0.2) is 0 Å². The summed E-state index contributed by atoms with van der Waals surface area (Å²) in [6, 6.07) is 0. The van der Waals surface area contributed by atoms with Gasteiger partial charge >= 0.3 is 0 Å². The van der Waals surface area contributed by atoms with E-state index in [0.29, 0.717) is 5.54 Å². The molecular weight excluding hydrogens is 146 g/mol. The molecule has 2 atom stereocenters. The molecule has 0 fully saturated rings. The second kappa shape index (κ2) is 5.58. The third kappa shape index (κ3) is 2.78. The Hall–Kier alpha value is -0.0400. The van der Waals surface area contributed by atoms with Gasteiger partial charge in [-0.05, 0) is 32.7 Å². The van der Waals surface area contributed by atoms with E-state index in [4.69, 9.17) is 0 Å². The van der Waals surface area contributed by atoms with Gasteiger partial charge in [0.25, 0.3) is 0 Å². The van der Waals surface area contributed by atoms with Gasteiger partial charge < -0.3 is 5.32 Å². The Morgan fingerprint density at radius 1 is 1.25 bits per heavy atom. The maximum Gasteiger partial charge on any atom is 0.0175 e. The third-order valence-electron chi connectivity index (χ3n) is 3.34. The van der Waals surface area contributed by atoms with Crippen molar-refractivity contribution in [1.29, 1.82) is 0 Å². The fraction of sp³-hybridized carbons (Fsp3) is 1.00. The summed E-state index contributed by atoms with van der Waals surface area (Å²) in [4.78, 5) is 0. The van der Waals surface area contributed by atoms with E-state index in [9.17, 15) is 0 Å². The zero-order valence-corrected chi connectivity index (χ0v) is 9.41. The molecule has 2 unspecified atom stereocenters. The summed E-state index contributed by atoms with van der Waals surface area (Å²) in [5.74, 6) is 0.831. The van der Waals surface area contributed by atoms with E-state index < -0.39 is 0 Å². The summed E-state index contributed by atoms with van der Waals surface area (Å²) in [7, 11) is 2.09. The molecule has 0 saturated heterocycles. The average molecular weight is 171 g/mol. The van der Waals surface area contributed by atoms with E-state index in [1.165, 1.54) is 25.7 Å². The first-order valence-corrected chi connectivity index (χ1v) is 5.33. The highest BCUT2D eigenvalue weighted by Gasteiger charge is 2.28. The van der Waals surface area contributed by atoms with Crippen molar-refractivity contribution in [2.75, 3.05) is 7.05 Å². The van der Waals surface area contributed by atoms with Gasteiger partial charge in [0.15, 0.2) is 0 Å². The lowest BCUT2D eigenvalue weighted by Crippen LogP contribution is -2.46. The lowest BCUT2D eigenvalue weighted by Gasteiger charge is -2.36. The molecule has 0 heterocycles. The summed E-state index contributed by atoms with van der Waals surface area (Å²) < 4.78 is 0. The van der Waals surface area contributed by atoms with Crippen molar-refractivity contribution in [1.82, 2.24) is 5.32 Å². The Labute approximate surface area is 77.9 Å². The van der Waals surface area contributed by atoms with Crippen molar-refractivity contribution in [3.8, 4) is 0 Å². The molecule has 0 amide bonds. The van der Waals surface area contributed by atoms with Crippen LogP contribution in [0.25, 0.3) is 0 Å². The first-order chi connectivity index (χ1) is 5.64. The third-order valence-corrected chi connectivity index (χ3v) is 3.34. The molecular formula is C11H25N. The van der Waals surface area contributed by atoms with E-state index in [2.05, 4.69) is 40.1 Å². The van der Waals surface area contributed by atoms with Gasteiger partial charge in [-0.2, -0.15) is 0 Å². The smallest absolute Gasteiger partial charge is 0.0175 e. The molecule has 0 aromatic heterocycles. The molecule has 0 aliphatic heterocycles. The Kier molecular flexibility index (Phi) is 5.56. The number of hydrogen-bond donors (Lipinski definition) is 1. The molecule has 12 heavy (non-hydrogen) atoms. The van der Waals surface area contributed by atoms with Gasteiger partial charge in [0.2, 0.25) is 0 Å². The molecule has 0 aliphatic rings. The monoisotopic (exact) mass is 171 g/mol. The van der Waals surface area contributed by atoms with Gasteiger partial charge in [-0.3, -0.25) is 0 Å². The van der Waals surface area contributed by atoms with Crippen LogP contribution >= 0.6 is 0 Å². The summed E-state index contributed by atoms with van der Waals surface area (Å²) in [6.45, 7) is 9.19. The van der Waals surface area contributed by atoms with E-state index in [-0.39, 0.29) is 0 Å². The Morgan fingerprint density at radius 2 is 1.83 bits per heavy atom. The minimum absolute atomic E-state index is 0.352.